The second kappa shape index (κ2) is 17.1. The fourth-order valence-electron chi connectivity index (χ4n) is 4.53. The lowest BCUT2D eigenvalue weighted by atomic mass is 10.0. The molecule has 0 spiro atoms. The van der Waals surface area contributed by atoms with Crippen LogP contribution in [0.25, 0.3) is 0 Å². The van der Waals surface area contributed by atoms with Crippen LogP contribution in [-0.2, 0) is 30.3 Å². The third kappa shape index (κ3) is 12.6. The molecule has 2 aromatic carbocycles. The fraction of sp³-hybridized carbons (Fsp3) is 0.529. The van der Waals surface area contributed by atoms with Gasteiger partial charge in [0.05, 0.1) is 0 Å². The lowest BCUT2D eigenvalue weighted by Gasteiger charge is -2.35. The topological polar surface area (TPSA) is 114 Å². The van der Waals surface area contributed by atoms with E-state index in [0.29, 0.717) is 24.2 Å². The lowest BCUT2D eigenvalue weighted by molar-refractivity contribution is -0.159. The highest BCUT2D eigenvalue weighted by atomic mass is 32.2. The van der Waals surface area contributed by atoms with Crippen molar-refractivity contribution in [2.75, 3.05) is 18.6 Å². The molecule has 0 aromatic heterocycles. The molecular formula is C34H49N3O6S. The summed E-state index contributed by atoms with van der Waals surface area (Å²) in [6.07, 6.45) is 2.33. The Morgan fingerprint density at radius 1 is 0.818 bits per heavy atom. The first-order valence-electron chi connectivity index (χ1n) is 15.1. The maximum Gasteiger partial charge on any atom is 0.408 e. The number of esters is 1. The van der Waals surface area contributed by atoms with Crippen LogP contribution in [-0.4, -0.2) is 70.6 Å². The summed E-state index contributed by atoms with van der Waals surface area (Å²) < 4.78 is 11.1. The number of carbonyl (C=O) groups is 4. The van der Waals surface area contributed by atoms with Gasteiger partial charge in [-0.1, -0.05) is 67.6 Å². The summed E-state index contributed by atoms with van der Waals surface area (Å²) in [6.45, 7) is 12.7. The third-order valence-corrected chi connectivity index (χ3v) is 6.96. The number of nitrogens with zero attached hydrogens (tertiary/aromatic N) is 1. The third-order valence-electron chi connectivity index (χ3n) is 6.31. The molecule has 3 unspecified atom stereocenters. The Labute approximate surface area is 266 Å². The second-order valence-corrected chi connectivity index (χ2v) is 13.6. The summed E-state index contributed by atoms with van der Waals surface area (Å²) in [7, 11) is 0. The highest BCUT2D eigenvalue weighted by Crippen LogP contribution is 2.25. The number of amides is 3. The molecule has 0 saturated heterocycles. The first-order valence-corrected chi connectivity index (χ1v) is 16.5. The summed E-state index contributed by atoms with van der Waals surface area (Å²) in [6, 6.07) is 15.3. The van der Waals surface area contributed by atoms with E-state index < -0.39 is 53.2 Å². The molecular weight excluding hydrogens is 578 g/mol. The average molecular weight is 628 g/mol. The molecule has 0 aliphatic carbocycles. The summed E-state index contributed by atoms with van der Waals surface area (Å²) in [4.78, 5) is 56.1. The van der Waals surface area contributed by atoms with E-state index in [1.165, 1.54) is 4.90 Å². The van der Waals surface area contributed by atoms with Crippen molar-refractivity contribution in [1.29, 1.82) is 0 Å². The maximum atomic E-state index is 14.3. The van der Waals surface area contributed by atoms with Gasteiger partial charge in [0.2, 0.25) is 11.8 Å². The zero-order valence-electron chi connectivity index (χ0n) is 27.3. The van der Waals surface area contributed by atoms with Crippen LogP contribution in [0.5, 0.6) is 0 Å². The number of rotatable bonds is 14. The minimum Gasteiger partial charge on any atom is -0.458 e. The Hall–Kier alpha value is -3.53. The quantitative estimate of drug-likeness (QED) is 0.259. The summed E-state index contributed by atoms with van der Waals surface area (Å²) in [5.74, 6) is -0.899. The molecule has 2 rings (SSSR count). The number of nitrogens with one attached hydrogen (secondary N) is 2. The van der Waals surface area contributed by atoms with Crippen LogP contribution in [0.15, 0.2) is 60.7 Å². The van der Waals surface area contributed by atoms with E-state index in [9.17, 15) is 19.2 Å². The SMILES string of the molecule is CCCN(C(=O)C(CCSC)NC(=O)OC(C)(C)C)C(C(=O)NC(Cc1ccccc1)C(=O)OC(C)(C)C)c1ccccc1. The molecule has 0 radical (unpaired) electrons. The smallest absolute Gasteiger partial charge is 0.408 e. The molecule has 9 nitrogen and oxygen atoms in total. The number of carbonyl (C=O) groups excluding carboxylic acids is 4. The Morgan fingerprint density at radius 2 is 1.39 bits per heavy atom. The Balaban J connectivity index is 2.51. The molecule has 2 aromatic rings. The predicted molar refractivity (Wildman–Crippen MR) is 175 cm³/mol. The van der Waals surface area contributed by atoms with Crippen molar-refractivity contribution < 1.29 is 28.7 Å². The van der Waals surface area contributed by atoms with Gasteiger partial charge in [-0.3, -0.25) is 9.59 Å². The van der Waals surface area contributed by atoms with Gasteiger partial charge < -0.3 is 25.0 Å². The maximum absolute atomic E-state index is 14.3. The van der Waals surface area contributed by atoms with Crippen LogP contribution in [0.4, 0.5) is 4.79 Å². The number of alkyl carbamates (subject to hydrolysis) is 1. The normalized spacial score (nSPS) is 13.6. The highest BCUT2D eigenvalue weighted by molar-refractivity contribution is 7.98. The van der Waals surface area contributed by atoms with E-state index in [1.54, 1.807) is 77.6 Å². The summed E-state index contributed by atoms with van der Waals surface area (Å²) >= 11 is 1.55. The number of hydrogen-bond donors (Lipinski definition) is 2. The van der Waals surface area contributed by atoms with Gasteiger partial charge in [0.15, 0.2) is 0 Å². The van der Waals surface area contributed by atoms with E-state index in [4.69, 9.17) is 9.47 Å². The molecule has 0 saturated carbocycles. The predicted octanol–water partition coefficient (Wildman–Crippen LogP) is 5.68. The van der Waals surface area contributed by atoms with Crippen LogP contribution < -0.4 is 10.6 Å². The van der Waals surface area contributed by atoms with Crippen molar-refractivity contribution in [3.05, 3.63) is 71.8 Å². The molecule has 3 atom stereocenters. The van der Waals surface area contributed by atoms with Gasteiger partial charge in [0.25, 0.3) is 0 Å². The van der Waals surface area contributed by atoms with Crippen molar-refractivity contribution in [3.63, 3.8) is 0 Å². The van der Waals surface area contributed by atoms with Crippen molar-refractivity contribution in [2.45, 2.75) is 97.1 Å². The monoisotopic (exact) mass is 627 g/mol. The molecule has 10 heteroatoms. The molecule has 242 valence electrons. The number of thioether (sulfide) groups is 1. The van der Waals surface area contributed by atoms with E-state index in [2.05, 4.69) is 10.6 Å². The van der Waals surface area contributed by atoms with Gasteiger partial charge in [0, 0.05) is 13.0 Å². The van der Waals surface area contributed by atoms with Gasteiger partial charge in [-0.2, -0.15) is 11.8 Å². The van der Waals surface area contributed by atoms with Crippen molar-refractivity contribution in [3.8, 4) is 0 Å². The Morgan fingerprint density at radius 3 is 1.91 bits per heavy atom. The van der Waals surface area contributed by atoms with E-state index in [-0.39, 0.29) is 13.0 Å². The zero-order valence-corrected chi connectivity index (χ0v) is 28.2. The standard InChI is InChI=1S/C34H49N3O6S/c1-9-21-37(30(39)26(20-22-44-8)36-32(41)43-34(5,6)7)28(25-18-14-11-15-19-25)29(38)35-27(31(40)42-33(2,3)4)23-24-16-12-10-13-17-24/h10-19,26-28H,9,20-23H2,1-8H3,(H,35,38)(H,36,41). The molecule has 0 bridgehead atoms. The molecule has 0 aliphatic rings. The molecule has 2 N–H and O–H groups in total. The zero-order chi connectivity index (χ0) is 32.9. The first-order chi connectivity index (χ1) is 20.6. The van der Waals surface area contributed by atoms with E-state index in [0.717, 1.165) is 5.56 Å². The second-order valence-electron chi connectivity index (χ2n) is 12.6. The van der Waals surface area contributed by atoms with Crippen LogP contribution >= 0.6 is 11.8 Å². The first kappa shape index (κ1) is 36.7. The molecule has 0 heterocycles. The lowest BCUT2D eigenvalue weighted by Crippen LogP contribution is -2.55. The molecule has 44 heavy (non-hydrogen) atoms. The van der Waals surface area contributed by atoms with Crippen molar-refractivity contribution in [2.24, 2.45) is 0 Å². The van der Waals surface area contributed by atoms with Crippen LogP contribution in [0, 0.1) is 0 Å². The molecule has 0 fully saturated rings. The average Bonchev–Trinajstić information content (AvgIpc) is 2.93. The van der Waals surface area contributed by atoms with Crippen LogP contribution in [0.1, 0.15) is 78.5 Å². The van der Waals surface area contributed by atoms with Gasteiger partial charge in [-0.05, 0) is 77.5 Å². The van der Waals surface area contributed by atoms with Crippen LogP contribution in [0.2, 0.25) is 0 Å². The summed E-state index contributed by atoms with van der Waals surface area (Å²) in [5, 5.41) is 5.65. The van der Waals surface area contributed by atoms with Gasteiger partial charge in [-0.25, -0.2) is 9.59 Å². The van der Waals surface area contributed by atoms with Gasteiger partial charge in [0.1, 0.15) is 29.3 Å². The number of hydrogen-bond acceptors (Lipinski definition) is 7. The molecule has 3 amide bonds. The van der Waals surface area contributed by atoms with Gasteiger partial charge >= 0.3 is 12.1 Å². The largest absolute Gasteiger partial charge is 0.458 e. The van der Waals surface area contributed by atoms with E-state index >= 15 is 0 Å². The number of ether oxygens (including phenoxy) is 2. The minimum atomic E-state index is -1.07. The Bertz CT molecular complexity index is 1210. The van der Waals surface area contributed by atoms with Gasteiger partial charge in [-0.15, -0.1) is 0 Å². The highest BCUT2D eigenvalue weighted by Gasteiger charge is 2.38. The van der Waals surface area contributed by atoms with Crippen molar-refractivity contribution in [1.82, 2.24) is 15.5 Å². The Kier molecular flexibility index (Phi) is 14.2. The number of benzene rings is 2. The fourth-order valence-corrected chi connectivity index (χ4v) is 5.00. The van der Waals surface area contributed by atoms with Crippen molar-refractivity contribution >= 4 is 35.6 Å². The van der Waals surface area contributed by atoms with E-state index in [1.807, 2.05) is 49.6 Å². The molecule has 0 aliphatic heterocycles. The van der Waals surface area contributed by atoms with Crippen LogP contribution in [0.3, 0.4) is 0 Å². The minimum absolute atomic E-state index is 0.210. The summed E-state index contributed by atoms with van der Waals surface area (Å²) in [5.41, 5.74) is -0.0877.